The van der Waals surface area contributed by atoms with Gasteiger partial charge in [0.25, 0.3) is 0 Å². The number of ether oxygens (including phenoxy) is 1. The third-order valence-corrected chi connectivity index (χ3v) is 2.90. The molecule has 0 spiro atoms. The first-order valence-corrected chi connectivity index (χ1v) is 6.35. The number of benzene rings is 2. The molecule has 0 atom stereocenters. The van der Waals surface area contributed by atoms with Crippen molar-refractivity contribution in [3.05, 3.63) is 58.9 Å². The Morgan fingerprint density at radius 3 is 2.85 bits per heavy atom. The van der Waals surface area contributed by atoms with Crippen LogP contribution in [0.25, 0.3) is 0 Å². The number of hydrogen-bond donors (Lipinski definition) is 1. The van der Waals surface area contributed by atoms with Gasteiger partial charge in [0, 0.05) is 17.1 Å². The Hall–Kier alpha value is -2.25. The van der Waals surface area contributed by atoms with Crippen LogP contribution in [-0.4, -0.2) is 6.61 Å². The van der Waals surface area contributed by atoms with Crippen LogP contribution in [0.1, 0.15) is 5.56 Å². The Morgan fingerprint density at radius 2 is 2.05 bits per heavy atom. The van der Waals surface area contributed by atoms with Crippen molar-refractivity contribution in [1.29, 1.82) is 5.26 Å². The first-order valence-electron chi connectivity index (χ1n) is 5.97. The van der Waals surface area contributed by atoms with Gasteiger partial charge < -0.3 is 10.1 Å². The maximum absolute atomic E-state index is 13.6. The molecule has 3 nitrogen and oxygen atoms in total. The van der Waals surface area contributed by atoms with E-state index in [1.807, 2.05) is 24.3 Å². The zero-order valence-electron chi connectivity index (χ0n) is 10.6. The van der Waals surface area contributed by atoms with Crippen molar-refractivity contribution in [2.45, 2.75) is 6.54 Å². The Labute approximate surface area is 121 Å². The summed E-state index contributed by atoms with van der Waals surface area (Å²) in [7, 11) is 0. The summed E-state index contributed by atoms with van der Waals surface area (Å²) in [6, 6.07) is 13.5. The molecule has 0 radical (unpaired) electrons. The number of halogens is 2. The average Bonchev–Trinajstić information content (AvgIpc) is 2.47. The monoisotopic (exact) mass is 290 g/mol. The maximum Gasteiger partial charge on any atom is 0.174 e. The molecule has 0 aliphatic carbocycles. The second-order valence-corrected chi connectivity index (χ2v) is 4.47. The highest BCUT2D eigenvalue weighted by atomic mass is 35.5. The van der Waals surface area contributed by atoms with Crippen molar-refractivity contribution in [3.8, 4) is 11.8 Å². The fourth-order valence-electron chi connectivity index (χ4n) is 1.72. The molecule has 0 heterocycles. The molecule has 1 N–H and O–H groups in total. The van der Waals surface area contributed by atoms with E-state index in [4.69, 9.17) is 21.6 Å². The molecule has 102 valence electrons. The maximum atomic E-state index is 13.6. The van der Waals surface area contributed by atoms with Crippen molar-refractivity contribution < 1.29 is 9.13 Å². The first kappa shape index (κ1) is 14.2. The number of para-hydroxylation sites is 1. The van der Waals surface area contributed by atoms with E-state index in [9.17, 15) is 4.39 Å². The van der Waals surface area contributed by atoms with Crippen LogP contribution in [0.15, 0.2) is 42.5 Å². The van der Waals surface area contributed by atoms with Gasteiger partial charge in [0.1, 0.15) is 17.6 Å². The molecule has 0 saturated carbocycles. The summed E-state index contributed by atoms with van der Waals surface area (Å²) in [5, 5.41) is 12.0. The van der Waals surface area contributed by atoms with Gasteiger partial charge in [-0.2, -0.15) is 5.26 Å². The first-order chi connectivity index (χ1) is 9.70. The third-order valence-electron chi connectivity index (χ3n) is 2.66. The predicted octanol–water partition coefficient (Wildman–Crippen LogP) is 3.99. The average molecular weight is 291 g/mol. The number of nitrogens with one attached hydrogen (secondary N) is 1. The number of rotatable bonds is 5. The van der Waals surface area contributed by atoms with Gasteiger partial charge >= 0.3 is 0 Å². The minimum atomic E-state index is -0.371. The normalized spacial score (nSPS) is 9.85. The van der Waals surface area contributed by atoms with E-state index in [2.05, 4.69) is 5.32 Å². The molecule has 0 fully saturated rings. The fraction of sp³-hybridized carbons (Fsp3) is 0.133. The Balaban J connectivity index is 2.11. The highest BCUT2D eigenvalue weighted by Crippen LogP contribution is 2.23. The van der Waals surface area contributed by atoms with E-state index in [0.717, 1.165) is 5.56 Å². The lowest BCUT2D eigenvalue weighted by Crippen LogP contribution is -2.04. The predicted molar refractivity (Wildman–Crippen MR) is 76.3 cm³/mol. The molecule has 2 aromatic carbocycles. The summed E-state index contributed by atoms with van der Waals surface area (Å²) in [6.07, 6.45) is 0. The van der Waals surface area contributed by atoms with E-state index in [1.54, 1.807) is 6.07 Å². The third kappa shape index (κ3) is 3.62. The number of hydrogen-bond acceptors (Lipinski definition) is 3. The van der Waals surface area contributed by atoms with Gasteiger partial charge in [-0.3, -0.25) is 0 Å². The zero-order chi connectivity index (χ0) is 14.4. The van der Waals surface area contributed by atoms with Crippen molar-refractivity contribution in [2.24, 2.45) is 0 Å². The van der Waals surface area contributed by atoms with Crippen molar-refractivity contribution in [2.75, 3.05) is 11.9 Å². The van der Waals surface area contributed by atoms with Gasteiger partial charge in [0.2, 0.25) is 0 Å². The molecule has 0 saturated heterocycles. The summed E-state index contributed by atoms with van der Waals surface area (Å²) in [5.41, 5.74) is 1.16. The SMILES string of the molecule is N#CCOc1ccccc1CNc1cc(Cl)ccc1F. The van der Waals surface area contributed by atoms with E-state index >= 15 is 0 Å². The molecule has 0 amide bonds. The van der Waals surface area contributed by atoms with E-state index in [0.29, 0.717) is 23.0 Å². The van der Waals surface area contributed by atoms with Gasteiger partial charge in [0.05, 0.1) is 5.69 Å². The van der Waals surface area contributed by atoms with Gasteiger partial charge in [-0.05, 0) is 24.3 Å². The largest absolute Gasteiger partial charge is 0.478 e. The lowest BCUT2D eigenvalue weighted by molar-refractivity contribution is 0.364. The quantitative estimate of drug-likeness (QED) is 0.905. The second kappa shape index (κ2) is 6.78. The second-order valence-electron chi connectivity index (χ2n) is 4.03. The molecule has 2 aromatic rings. The van der Waals surface area contributed by atoms with E-state index < -0.39 is 0 Å². The van der Waals surface area contributed by atoms with Crippen LogP contribution in [-0.2, 0) is 6.54 Å². The van der Waals surface area contributed by atoms with Crippen LogP contribution in [0.2, 0.25) is 5.02 Å². The highest BCUT2D eigenvalue weighted by Gasteiger charge is 2.06. The van der Waals surface area contributed by atoms with Gasteiger partial charge in [0.15, 0.2) is 6.61 Å². The molecule has 20 heavy (non-hydrogen) atoms. The molecule has 0 aliphatic heterocycles. The Kier molecular flexibility index (Phi) is 4.80. The minimum absolute atomic E-state index is 0.0253. The summed E-state index contributed by atoms with van der Waals surface area (Å²) >= 11 is 5.83. The zero-order valence-corrected chi connectivity index (χ0v) is 11.3. The molecule has 5 heteroatoms. The van der Waals surface area contributed by atoms with Gasteiger partial charge in [-0.1, -0.05) is 29.8 Å². The standard InChI is InChI=1S/C15H12ClFN2O/c16-12-5-6-13(17)14(9-12)19-10-11-3-1-2-4-15(11)20-8-7-18/h1-6,9,19H,8,10H2. The lowest BCUT2D eigenvalue weighted by Gasteiger charge is -2.11. The summed E-state index contributed by atoms with van der Waals surface area (Å²) in [5.74, 6) is 0.230. The van der Waals surface area contributed by atoms with E-state index in [1.165, 1.54) is 18.2 Å². The number of anilines is 1. The molecule has 2 rings (SSSR count). The number of nitrogens with zero attached hydrogens (tertiary/aromatic N) is 1. The van der Waals surface area contributed by atoms with Crippen LogP contribution in [0.5, 0.6) is 5.75 Å². The van der Waals surface area contributed by atoms with Crippen LogP contribution >= 0.6 is 11.6 Å². The van der Waals surface area contributed by atoms with Crippen molar-refractivity contribution >= 4 is 17.3 Å². The molecule has 0 unspecified atom stereocenters. The lowest BCUT2D eigenvalue weighted by atomic mass is 10.2. The summed E-state index contributed by atoms with van der Waals surface area (Å²) in [4.78, 5) is 0. The minimum Gasteiger partial charge on any atom is -0.478 e. The van der Waals surface area contributed by atoms with Crippen LogP contribution in [0, 0.1) is 17.1 Å². The molecular weight excluding hydrogens is 279 g/mol. The molecule has 0 bridgehead atoms. The van der Waals surface area contributed by atoms with Crippen molar-refractivity contribution in [1.82, 2.24) is 0 Å². The fourth-order valence-corrected chi connectivity index (χ4v) is 1.90. The van der Waals surface area contributed by atoms with Gasteiger partial charge in [-0.25, -0.2) is 4.39 Å². The Bertz CT molecular complexity index is 640. The number of nitriles is 1. The molecular formula is C15H12ClFN2O. The highest BCUT2D eigenvalue weighted by molar-refractivity contribution is 6.30. The smallest absolute Gasteiger partial charge is 0.174 e. The van der Waals surface area contributed by atoms with E-state index in [-0.39, 0.29) is 12.4 Å². The van der Waals surface area contributed by atoms with Crippen LogP contribution < -0.4 is 10.1 Å². The molecule has 0 aliphatic rings. The molecule has 0 aromatic heterocycles. The topological polar surface area (TPSA) is 45.0 Å². The summed E-state index contributed by atoms with van der Waals surface area (Å²) < 4.78 is 18.9. The van der Waals surface area contributed by atoms with Crippen molar-refractivity contribution in [3.63, 3.8) is 0 Å². The Morgan fingerprint density at radius 1 is 1.25 bits per heavy atom. The van der Waals surface area contributed by atoms with Crippen LogP contribution in [0.4, 0.5) is 10.1 Å². The summed E-state index contributed by atoms with van der Waals surface area (Å²) in [6.45, 7) is 0.349. The van der Waals surface area contributed by atoms with Crippen LogP contribution in [0.3, 0.4) is 0 Å². The van der Waals surface area contributed by atoms with Gasteiger partial charge in [-0.15, -0.1) is 0 Å².